The fourth-order valence-electron chi connectivity index (χ4n) is 3.24. The third kappa shape index (κ3) is 4.43. The van der Waals surface area contributed by atoms with Gasteiger partial charge in [0.1, 0.15) is 12.4 Å². The number of esters is 1. The van der Waals surface area contributed by atoms with Crippen LogP contribution in [0, 0.1) is 0 Å². The molecule has 0 fully saturated rings. The van der Waals surface area contributed by atoms with Gasteiger partial charge in [0.2, 0.25) is 0 Å². The van der Waals surface area contributed by atoms with Crippen LogP contribution in [0.25, 0.3) is 11.1 Å². The van der Waals surface area contributed by atoms with Crippen molar-refractivity contribution in [2.24, 2.45) is 4.99 Å². The molecule has 2 rings (SSSR count). The van der Waals surface area contributed by atoms with Crippen molar-refractivity contribution in [3.63, 3.8) is 0 Å². The van der Waals surface area contributed by atoms with Gasteiger partial charge in [-0.2, -0.15) is 0 Å². The average Bonchev–Trinajstić information content (AvgIpc) is 3.10. The molecule has 0 aliphatic carbocycles. The molecule has 5 N–H and O–H groups in total. The monoisotopic (exact) mass is 404 g/mol. The summed E-state index contributed by atoms with van der Waals surface area (Å²) in [5.74, 6) is -1.16. The second-order valence-electron chi connectivity index (χ2n) is 6.10. The number of rotatable bonds is 9. The van der Waals surface area contributed by atoms with Crippen molar-refractivity contribution in [2.75, 3.05) is 13.3 Å². The Morgan fingerprint density at radius 2 is 1.79 bits per heavy atom. The minimum atomic E-state index is -0.734. The van der Waals surface area contributed by atoms with E-state index in [9.17, 15) is 24.9 Å². The van der Waals surface area contributed by atoms with Gasteiger partial charge in [0.05, 0.1) is 37.7 Å². The molecule has 0 unspecified atom stereocenters. The van der Waals surface area contributed by atoms with E-state index in [0.29, 0.717) is 22.3 Å². The fourth-order valence-corrected chi connectivity index (χ4v) is 3.24. The van der Waals surface area contributed by atoms with Gasteiger partial charge in [0.15, 0.2) is 5.78 Å². The number of aromatic amines is 1. The van der Waals surface area contributed by atoms with Crippen molar-refractivity contribution in [1.82, 2.24) is 4.98 Å². The van der Waals surface area contributed by atoms with Gasteiger partial charge in [0, 0.05) is 11.8 Å². The first-order valence-corrected chi connectivity index (χ1v) is 8.96. The van der Waals surface area contributed by atoms with E-state index in [1.807, 2.05) is 0 Å². The number of aliphatic hydroxyl groups is 4. The van der Waals surface area contributed by atoms with Crippen LogP contribution in [-0.4, -0.2) is 56.7 Å². The van der Waals surface area contributed by atoms with E-state index in [2.05, 4.69) is 9.98 Å². The summed E-state index contributed by atoms with van der Waals surface area (Å²) in [6, 6.07) is 3.14. The molecule has 0 bridgehead atoms. The van der Waals surface area contributed by atoms with Crippen LogP contribution >= 0.6 is 0 Å². The number of Topliss-reactive ketones (excluding diaryl/α,β-unsaturated/α-hetero) is 1. The van der Waals surface area contributed by atoms with Crippen molar-refractivity contribution < 1.29 is 34.8 Å². The van der Waals surface area contributed by atoms with Crippen LogP contribution < -0.4 is 0 Å². The minimum Gasteiger partial charge on any atom is -0.461 e. The minimum absolute atomic E-state index is 0.0400. The molecule has 0 saturated heterocycles. The first-order valence-electron chi connectivity index (χ1n) is 8.96. The maximum absolute atomic E-state index is 12.5. The van der Waals surface area contributed by atoms with Gasteiger partial charge in [-0.15, -0.1) is 0 Å². The highest BCUT2D eigenvalue weighted by molar-refractivity contribution is 6.13. The maximum Gasteiger partial charge on any atom is 0.355 e. The summed E-state index contributed by atoms with van der Waals surface area (Å²) in [6.45, 7) is 1.25. The van der Waals surface area contributed by atoms with Crippen LogP contribution in [0.15, 0.2) is 17.1 Å². The lowest BCUT2D eigenvalue weighted by Crippen LogP contribution is -2.10. The van der Waals surface area contributed by atoms with Crippen LogP contribution in [-0.2, 0) is 24.6 Å². The highest BCUT2D eigenvalue weighted by Gasteiger charge is 2.28. The maximum atomic E-state index is 12.5. The summed E-state index contributed by atoms with van der Waals surface area (Å²) >= 11 is 0. The third-order valence-electron chi connectivity index (χ3n) is 4.45. The standard InChI is InChI=1S/C20H24N2O7/c1-3-29-20(28)19-17(11(2)27)18(16(22-19)6-21-10-26)13-5-4-12(7-23)14(8-24)15(13)9-25/h4-6,22-26H,3,7-10H2,1-2H3. The molecule has 29 heavy (non-hydrogen) atoms. The van der Waals surface area contributed by atoms with Crippen LogP contribution in [0.2, 0.25) is 0 Å². The van der Waals surface area contributed by atoms with Gasteiger partial charge in [-0.25, -0.2) is 4.79 Å². The summed E-state index contributed by atoms with van der Waals surface area (Å²) < 4.78 is 5.03. The van der Waals surface area contributed by atoms with Crippen LogP contribution in [0.4, 0.5) is 0 Å². The normalized spacial score (nSPS) is 11.2. The van der Waals surface area contributed by atoms with E-state index in [1.165, 1.54) is 13.1 Å². The number of nitrogens with zero attached hydrogens (tertiary/aromatic N) is 1. The second-order valence-corrected chi connectivity index (χ2v) is 6.10. The number of ether oxygens (including phenoxy) is 1. The summed E-state index contributed by atoms with van der Waals surface area (Å²) in [7, 11) is 0. The molecule has 0 amide bonds. The quantitative estimate of drug-likeness (QED) is 0.236. The molecule has 2 aromatic rings. The molecular formula is C20H24N2O7. The SMILES string of the molecule is CCOC(=O)c1[nH]c(C=NCO)c(-c2ccc(CO)c(CO)c2CO)c1C(C)=O. The Morgan fingerprint density at radius 3 is 2.31 bits per heavy atom. The summed E-state index contributed by atoms with van der Waals surface area (Å²) in [5.41, 5.74) is 1.93. The number of ketones is 1. The molecule has 1 heterocycles. The zero-order valence-corrected chi connectivity index (χ0v) is 16.2. The number of carbonyl (C=O) groups excluding carboxylic acids is 2. The van der Waals surface area contributed by atoms with E-state index in [-0.39, 0.29) is 35.7 Å². The Hall–Kier alpha value is -2.85. The molecule has 0 aliphatic rings. The van der Waals surface area contributed by atoms with Crippen LogP contribution in [0.1, 0.15) is 57.1 Å². The predicted octanol–water partition coefficient (Wildman–Crippen LogP) is 0.907. The number of hydrogen-bond donors (Lipinski definition) is 5. The summed E-state index contributed by atoms with van der Waals surface area (Å²) in [6.07, 6.45) is 1.27. The third-order valence-corrected chi connectivity index (χ3v) is 4.45. The van der Waals surface area contributed by atoms with Gasteiger partial charge in [-0.3, -0.25) is 9.79 Å². The smallest absolute Gasteiger partial charge is 0.355 e. The Balaban J connectivity index is 2.91. The van der Waals surface area contributed by atoms with Gasteiger partial charge >= 0.3 is 5.97 Å². The van der Waals surface area contributed by atoms with Gasteiger partial charge < -0.3 is 30.1 Å². The Kier molecular flexibility index (Phi) is 7.80. The number of aromatic nitrogens is 1. The van der Waals surface area contributed by atoms with Crippen molar-refractivity contribution in [3.05, 3.63) is 45.8 Å². The molecule has 0 spiro atoms. The Morgan fingerprint density at radius 1 is 1.10 bits per heavy atom. The van der Waals surface area contributed by atoms with E-state index >= 15 is 0 Å². The van der Waals surface area contributed by atoms with Crippen molar-refractivity contribution in [3.8, 4) is 11.1 Å². The van der Waals surface area contributed by atoms with Gasteiger partial charge in [-0.05, 0) is 36.1 Å². The van der Waals surface area contributed by atoms with E-state index in [4.69, 9.17) is 9.84 Å². The second kappa shape index (κ2) is 10.1. The molecule has 0 saturated carbocycles. The highest BCUT2D eigenvalue weighted by Crippen LogP contribution is 2.36. The Bertz CT molecular complexity index is 931. The molecule has 1 aromatic heterocycles. The number of aliphatic imine (C=N–C) groups is 1. The Labute approximate surface area is 167 Å². The fraction of sp³-hybridized carbons (Fsp3) is 0.350. The van der Waals surface area contributed by atoms with Crippen molar-refractivity contribution in [2.45, 2.75) is 33.7 Å². The lowest BCUT2D eigenvalue weighted by atomic mass is 9.89. The zero-order valence-electron chi connectivity index (χ0n) is 16.2. The van der Waals surface area contributed by atoms with E-state index in [0.717, 1.165) is 0 Å². The largest absolute Gasteiger partial charge is 0.461 e. The molecule has 0 radical (unpaired) electrons. The van der Waals surface area contributed by atoms with E-state index in [1.54, 1.807) is 19.1 Å². The average molecular weight is 404 g/mol. The molecule has 1 aromatic carbocycles. The first kappa shape index (κ1) is 22.4. The van der Waals surface area contributed by atoms with Crippen molar-refractivity contribution >= 4 is 18.0 Å². The molecule has 9 nitrogen and oxygen atoms in total. The number of hydrogen-bond acceptors (Lipinski definition) is 8. The predicted molar refractivity (Wildman–Crippen MR) is 105 cm³/mol. The topological polar surface area (TPSA) is 152 Å². The number of carbonyl (C=O) groups is 2. The summed E-state index contributed by atoms with van der Waals surface area (Å²) in [5, 5.41) is 38.3. The number of nitrogens with one attached hydrogen (secondary N) is 1. The number of benzene rings is 1. The van der Waals surface area contributed by atoms with Crippen molar-refractivity contribution in [1.29, 1.82) is 0 Å². The summed E-state index contributed by atoms with van der Waals surface area (Å²) in [4.78, 5) is 31.4. The van der Waals surface area contributed by atoms with Gasteiger partial charge in [0.25, 0.3) is 0 Å². The zero-order chi connectivity index (χ0) is 21.6. The molecule has 0 aliphatic heterocycles. The highest BCUT2D eigenvalue weighted by atomic mass is 16.5. The molecular weight excluding hydrogens is 380 g/mol. The van der Waals surface area contributed by atoms with E-state index < -0.39 is 31.7 Å². The lowest BCUT2D eigenvalue weighted by molar-refractivity contribution is 0.0517. The number of aliphatic hydroxyl groups excluding tert-OH is 4. The van der Waals surface area contributed by atoms with Crippen LogP contribution in [0.3, 0.4) is 0 Å². The first-order chi connectivity index (χ1) is 13.9. The molecule has 0 atom stereocenters. The van der Waals surface area contributed by atoms with Gasteiger partial charge in [-0.1, -0.05) is 12.1 Å². The van der Waals surface area contributed by atoms with Crippen LogP contribution in [0.5, 0.6) is 0 Å². The lowest BCUT2D eigenvalue weighted by Gasteiger charge is -2.16. The molecule has 9 heteroatoms. The molecule has 156 valence electrons. The number of H-pyrrole nitrogens is 1.